The van der Waals surface area contributed by atoms with Gasteiger partial charge in [-0.25, -0.2) is 14.8 Å². The molecule has 0 aliphatic rings. The van der Waals surface area contributed by atoms with Crippen LogP contribution in [0.3, 0.4) is 0 Å². The largest absolute Gasteiger partial charge is 0.465 e. The van der Waals surface area contributed by atoms with E-state index in [-0.39, 0.29) is 5.97 Å². The highest BCUT2D eigenvalue weighted by molar-refractivity contribution is 7.25. The summed E-state index contributed by atoms with van der Waals surface area (Å²) >= 11 is 8.00. The Morgan fingerprint density at radius 3 is 2.58 bits per heavy atom. The standard InChI is InChI=1S/C18H11ClN2O2S/c1-23-18(22)11-8-6-10(7-9-11)16-20-15(19)14-12-4-2-3-5-13(12)24-17(14)21-16/h2-9H,1H3. The average Bonchev–Trinajstić information content (AvgIpc) is 3.00. The number of carbonyl (C=O) groups excluding carboxylic acids is 1. The van der Waals surface area contributed by atoms with Crippen molar-refractivity contribution in [2.24, 2.45) is 0 Å². The van der Waals surface area contributed by atoms with Crippen LogP contribution in [0.15, 0.2) is 48.5 Å². The second-order valence-electron chi connectivity index (χ2n) is 5.19. The number of hydrogen-bond donors (Lipinski definition) is 0. The van der Waals surface area contributed by atoms with E-state index < -0.39 is 0 Å². The van der Waals surface area contributed by atoms with Crippen molar-refractivity contribution in [1.82, 2.24) is 9.97 Å². The molecule has 2 aromatic heterocycles. The third kappa shape index (κ3) is 2.42. The fourth-order valence-electron chi connectivity index (χ4n) is 2.58. The fourth-order valence-corrected chi connectivity index (χ4v) is 3.99. The van der Waals surface area contributed by atoms with Crippen molar-refractivity contribution in [3.63, 3.8) is 0 Å². The number of aromatic nitrogens is 2. The molecule has 0 aliphatic heterocycles. The van der Waals surface area contributed by atoms with Gasteiger partial charge in [0.05, 0.1) is 18.1 Å². The van der Waals surface area contributed by atoms with Crippen molar-refractivity contribution in [3.05, 3.63) is 59.2 Å². The Morgan fingerprint density at radius 1 is 1.08 bits per heavy atom. The van der Waals surface area contributed by atoms with Crippen LogP contribution in [0.25, 0.3) is 31.7 Å². The van der Waals surface area contributed by atoms with Gasteiger partial charge >= 0.3 is 5.97 Å². The van der Waals surface area contributed by atoms with Gasteiger partial charge in [-0.15, -0.1) is 11.3 Å². The molecule has 0 fully saturated rings. The van der Waals surface area contributed by atoms with E-state index in [4.69, 9.17) is 16.3 Å². The van der Waals surface area contributed by atoms with Crippen molar-refractivity contribution < 1.29 is 9.53 Å². The minimum absolute atomic E-state index is 0.375. The van der Waals surface area contributed by atoms with Crippen LogP contribution in [0, 0.1) is 0 Å². The maximum absolute atomic E-state index is 11.5. The summed E-state index contributed by atoms with van der Waals surface area (Å²) in [5.74, 6) is 0.163. The lowest BCUT2D eigenvalue weighted by atomic mass is 10.1. The van der Waals surface area contributed by atoms with Crippen LogP contribution in [0.1, 0.15) is 10.4 Å². The lowest BCUT2D eigenvalue weighted by molar-refractivity contribution is 0.0601. The van der Waals surface area contributed by atoms with Crippen molar-refractivity contribution in [1.29, 1.82) is 0 Å². The van der Waals surface area contributed by atoms with E-state index in [2.05, 4.69) is 9.97 Å². The Balaban J connectivity index is 1.85. The predicted octanol–water partition coefficient (Wildman–Crippen LogP) is 4.95. The van der Waals surface area contributed by atoms with Crippen LogP contribution in [0.4, 0.5) is 0 Å². The van der Waals surface area contributed by atoms with Gasteiger partial charge in [0, 0.05) is 15.6 Å². The van der Waals surface area contributed by atoms with Crippen LogP contribution >= 0.6 is 22.9 Å². The van der Waals surface area contributed by atoms with Gasteiger partial charge in [-0.05, 0) is 18.2 Å². The maximum atomic E-state index is 11.5. The van der Waals surface area contributed by atoms with Crippen molar-refractivity contribution in [2.75, 3.05) is 7.11 Å². The van der Waals surface area contributed by atoms with E-state index in [1.54, 1.807) is 35.6 Å². The molecule has 0 unspecified atom stereocenters. The van der Waals surface area contributed by atoms with Crippen molar-refractivity contribution in [2.45, 2.75) is 0 Å². The van der Waals surface area contributed by atoms with E-state index >= 15 is 0 Å². The first kappa shape index (κ1) is 15.1. The van der Waals surface area contributed by atoms with Gasteiger partial charge in [0.25, 0.3) is 0 Å². The topological polar surface area (TPSA) is 52.1 Å². The number of fused-ring (bicyclic) bond motifs is 3. The Hall–Kier alpha value is -2.50. The number of nitrogens with zero attached hydrogens (tertiary/aromatic N) is 2. The second kappa shape index (κ2) is 5.85. The van der Waals surface area contributed by atoms with E-state index in [9.17, 15) is 4.79 Å². The van der Waals surface area contributed by atoms with Gasteiger partial charge < -0.3 is 4.74 Å². The summed E-state index contributed by atoms with van der Waals surface area (Å²) in [4.78, 5) is 21.4. The number of benzene rings is 2. The summed E-state index contributed by atoms with van der Waals surface area (Å²) in [5.41, 5.74) is 1.28. The molecule has 0 spiro atoms. The third-order valence-corrected chi connectivity index (χ3v) is 5.10. The van der Waals surface area contributed by atoms with Crippen LogP contribution in [0.5, 0.6) is 0 Å². The number of esters is 1. The molecule has 0 amide bonds. The molecule has 0 atom stereocenters. The molecule has 4 nitrogen and oxygen atoms in total. The molecule has 0 radical (unpaired) electrons. The van der Waals surface area contributed by atoms with Gasteiger partial charge in [0.1, 0.15) is 9.98 Å². The lowest BCUT2D eigenvalue weighted by Gasteiger charge is -2.03. The molecule has 24 heavy (non-hydrogen) atoms. The molecule has 2 heterocycles. The monoisotopic (exact) mass is 354 g/mol. The molecular weight excluding hydrogens is 344 g/mol. The highest BCUT2D eigenvalue weighted by Crippen LogP contribution is 2.37. The summed E-state index contributed by atoms with van der Waals surface area (Å²) in [6.45, 7) is 0. The van der Waals surface area contributed by atoms with Gasteiger partial charge in [-0.1, -0.05) is 41.9 Å². The number of thiophene rings is 1. The SMILES string of the molecule is COC(=O)c1ccc(-c2nc(Cl)c3c(n2)sc2ccccc23)cc1. The Labute approximate surface area is 146 Å². The number of ether oxygens (including phenoxy) is 1. The van der Waals surface area contributed by atoms with Crippen LogP contribution in [-0.4, -0.2) is 23.0 Å². The van der Waals surface area contributed by atoms with E-state index in [0.29, 0.717) is 16.5 Å². The summed E-state index contributed by atoms with van der Waals surface area (Å²) in [5, 5.41) is 2.38. The normalized spacial score (nSPS) is 11.1. The molecule has 4 aromatic rings. The Kier molecular flexibility index (Phi) is 3.67. The highest BCUT2D eigenvalue weighted by atomic mass is 35.5. The molecular formula is C18H11ClN2O2S. The summed E-state index contributed by atoms with van der Waals surface area (Å²) in [6.07, 6.45) is 0. The number of halogens is 1. The number of methoxy groups -OCH3 is 1. The quantitative estimate of drug-likeness (QED) is 0.377. The zero-order valence-electron chi connectivity index (χ0n) is 12.6. The molecule has 6 heteroatoms. The average molecular weight is 355 g/mol. The Morgan fingerprint density at radius 2 is 1.83 bits per heavy atom. The van der Waals surface area contributed by atoms with Crippen molar-refractivity contribution in [3.8, 4) is 11.4 Å². The molecule has 0 saturated carbocycles. The predicted molar refractivity (Wildman–Crippen MR) is 96.7 cm³/mol. The number of carbonyl (C=O) groups is 1. The molecule has 0 aliphatic carbocycles. The summed E-state index contributed by atoms with van der Waals surface area (Å²) < 4.78 is 5.83. The first-order chi connectivity index (χ1) is 11.7. The lowest BCUT2D eigenvalue weighted by Crippen LogP contribution is -2.00. The van der Waals surface area contributed by atoms with Crippen LogP contribution < -0.4 is 0 Å². The molecule has 4 rings (SSSR count). The summed E-state index contributed by atoms with van der Waals surface area (Å²) in [6, 6.07) is 15.0. The van der Waals surface area contributed by atoms with Crippen molar-refractivity contribution >= 4 is 49.2 Å². The van der Waals surface area contributed by atoms with Gasteiger partial charge in [0.15, 0.2) is 5.82 Å². The zero-order valence-corrected chi connectivity index (χ0v) is 14.2. The highest BCUT2D eigenvalue weighted by Gasteiger charge is 2.14. The summed E-state index contributed by atoms with van der Waals surface area (Å²) in [7, 11) is 1.36. The number of hydrogen-bond acceptors (Lipinski definition) is 5. The third-order valence-electron chi connectivity index (χ3n) is 3.76. The molecule has 0 N–H and O–H groups in total. The van der Waals surface area contributed by atoms with Crippen LogP contribution in [0.2, 0.25) is 5.15 Å². The first-order valence-corrected chi connectivity index (χ1v) is 8.40. The van der Waals surface area contributed by atoms with Gasteiger partial charge in [0.2, 0.25) is 0 Å². The van der Waals surface area contributed by atoms with E-state index in [1.807, 2.05) is 24.3 Å². The second-order valence-corrected chi connectivity index (χ2v) is 6.57. The molecule has 0 saturated heterocycles. The minimum atomic E-state index is -0.375. The fraction of sp³-hybridized carbons (Fsp3) is 0.0556. The molecule has 2 aromatic carbocycles. The zero-order chi connectivity index (χ0) is 16.7. The Bertz CT molecular complexity index is 1070. The molecule has 118 valence electrons. The maximum Gasteiger partial charge on any atom is 0.337 e. The van der Waals surface area contributed by atoms with Gasteiger partial charge in [-0.3, -0.25) is 0 Å². The van der Waals surface area contributed by atoms with E-state index in [0.717, 1.165) is 25.9 Å². The first-order valence-electron chi connectivity index (χ1n) is 7.21. The number of rotatable bonds is 2. The molecule has 0 bridgehead atoms. The smallest absolute Gasteiger partial charge is 0.337 e. The van der Waals surface area contributed by atoms with Crippen LogP contribution in [-0.2, 0) is 4.74 Å². The van der Waals surface area contributed by atoms with E-state index in [1.165, 1.54) is 7.11 Å². The van der Waals surface area contributed by atoms with Gasteiger partial charge in [-0.2, -0.15) is 0 Å². The minimum Gasteiger partial charge on any atom is -0.465 e.